The van der Waals surface area contributed by atoms with Gasteiger partial charge in [-0.2, -0.15) is 0 Å². The molecule has 92 valence electrons. The Morgan fingerprint density at radius 3 is 2.62 bits per heavy atom. The van der Waals surface area contributed by atoms with E-state index in [4.69, 9.17) is 4.74 Å². The second kappa shape index (κ2) is 6.15. The minimum Gasteiger partial charge on any atom is -0.377 e. The number of thiophene rings is 1. The molecule has 0 fully saturated rings. The highest BCUT2D eigenvalue weighted by Crippen LogP contribution is 2.27. The number of likely N-dealkylation sites (N-methyl/N-ethyl adjacent to an activating group) is 1. The Bertz CT molecular complexity index is 323. The van der Waals surface area contributed by atoms with Crippen molar-refractivity contribution in [2.45, 2.75) is 38.3 Å². The summed E-state index contributed by atoms with van der Waals surface area (Å²) in [6.45, 7) is 4.33. The van der Waals surface area contributed by atoms with Crippen LogP contribution < -0.4 is 5.32 Å². The Balaban J connectivity index is 2.75. The molecule has 1 aromatic heterocycles. The minimum absolute atomic E-state index is 0.106. The molecule has 1 rings (SSSR count). The van der Waals surface area contributed by atoms with Gasteiger partial charge in [0.1, 0.15) is 0 Å². The molecule has 1 heterocycles. The Kier molecular flexibility index (Phi) is 5.44. The van der Waals surface area contributed by atoms with Gasteiger partial charge in [-0.15, -0.1) is 11.3 Å². The van der Waals surface area contributed by atoms with Gasteiger partial charge in [0, 0.05) is 18.0 Å². The van der Waals surface area contributed by atoms with Gasteiger partial charge in [0.05, 0.1) is 9.39 Å². The third-order valence-corrected chi connectivity index (χ3v) is 4.93. The van der Waals surface area contributed by atoms with Gasteiger partial charge >= 0.3 is 0 Å². The molecule has 0 saturated heterocycles. The van der Waals surface area contributed by atoms with Crippen LogP contribution in [0.15, 0.2) is 15.9 Å². The van der Waals surface area contributed by atoms with Crippen LogP contribution in [-0.2, 0) is 11.2 Å². The van der Waals surface area contributed by atoms with Crippen LogP contribution in [0.4, 0.5) is 0 Å². The number of ether oxygens (including phenoxy) is 1. The highest BCUT2D eigenvalue weighted by atomic mass is 79.9. The van der Waals surface area contributed by atoms with E-state index in [1.165, 1.54) is 8.66 Å². The van der Waals surface area contributed by atoms with Crippen LogP contribution in [0.5, 0.6) is 0 Å². The molecule has 4 heteroatoms. The largest absolute Gasteiger partial charge is 0.377 e. The van der Waals surface area contributed by atoms with Crippen molar-refractivity contribution in [3.63, 3.8) is 0 Å². The van der Waals surface area contributed by atoms with Crippen LogP contribution in [0.25, 0.3) is 0 Å². The lowest BCUT2D eigenvalue weighted by Crippen LogP contribution is -2.49. The molecule has 0 aromatic carbocycles. The van der Waals surface area contributed by atoms with E-state index in [-0.39, 0.29) is 5.60 Å². The van der Waals surface area contributed by atoms with Crippen molar-refractivity contribution in [2.75, 3.05) is 14.2 Å². The van der Waals surface area contributed by atoms with E-state index in [0.717, 1.165) is 12.8 Å². The van der Waals surface area contributed by atoms with Crippen LogP contribution in [0, 0.1) is 0 Å². The Labute approximate surface area is 111 Å². The Hall–Kier alpha value is 0.1000. The lowest BCUT2D eigenvalue weighted by molar-refractivity contribution is -0.0266. The predicted molar refractivity (Wildman–Crippen MR) is 74.3 cm³/mol. The molecular formula is C12H20BrNOS. The normalized spacial score (nSPS) is 17.1. The fourth-order valence-corrected chi connectivity index (χ4v) is 3.35. The maximum atomic E-state index is 5.65. The lowest BCUT2D eigenvalue weighted by atomic mass is 9.90. The van der Waals surface area contributed by atoms with Gasteiger partial charge in [0.2, 0.25) is 0 Å². The van der Waals surface area contributed by atoms with Crippen LogP contribution >= 0.6 is 27.3 Å². The van der Waals surface area contributed by atoms with E-state index in [1.54, 1.807) is 18.4 Å². The summed E-state index contributed by atoms with van der Waals surface area (Å²) >= 11 is 5.29. The smallest absolute Gasteiger partial charge is 0.0803 e. The molecule has 0 spiro atoms. The molecule has 2 unspecified atom stereocenters. The van der Waals surface area contributed by atoms with Gasteiger partial charge < -0.3 is 10.1 Å². The van der Waals surface area contributed by atoms with Crippen molar-refractivity contribution in [1.29, 1.82) is 0 Å². The quantitative estimate of drug-likeness (QED) is 0.869. The van der Waals surface area contributed by atoms with E-state index in [1.807, 2.05) is 7.05 Å². The first-order chi connectivity index (χ1) is 7.55. The van der Waals surface area contributed by atoms with Crippen LogP contribution in [-0.4, -0.2) is 25.8 Å². The van der Waals surface area contributed by atoms with Gasteiger partial charge in [0.25, 0.3) is 0 Å². The standard InChI is InChI=1S/C12H20BrNOS/c1-5-12(2,15-4)10(14-3)8-9-6-7-11(13)16-9/h6-7,10,14H,5,8H2,1-4H3. The topological polar surface area (TPSA) is 21.3 Å². The number of hydrogen-bond acceptors (Lipinski definition) is 3. The predicted octanol–water partition coefficient (Wildman–Crippen LogP) is 3.46. The summed E-state index contributed by atoms with van der Waals surface area (Å²) in [5, 5.41) is 3.37. The molecule has 1 N–H and O–H groups in total. The zero-order valence-electron chi connectivity index (χ0n) is 10.3. The van der Waals surface area contributed by atoms with E-state index in [2.05, 4.69) is 47.2 Å². The first-order valence-electron chi connectivity index (χ1n) is 5.52. The second-order valence-electron chi connectivity index (χ2n) is 4.12. The highest BCUT2D eigenvalue weighted by Gasteiger charge is 2.31. The SMILES string of the molecule is CCC(C)(OC)C(Cc1ccc(Br)s1)NC. The van der Waals surface area contributed by atoms with Crippen LogP contribution in [0.3, 0.4) is 0 Å². The van der Waals surface area contributed by atoms with Crippen molar-refractivity contribution in [2.24, 2.45) is 0 Å². The van der Waals surface area contributed by atoms with Crippen molar-refractivity contribution in [1.82, 2.24) is 5.32 Å². The summed E-state index contributed by atoms with van der Waals surface area (Å²) in [6.07, 6.45) is 2.01. The fourth-order valence-electron chi connectivity index (χ4n) is 1.82. The van der Waals surface area contributed by atoms with Crippen molar-refractivity contribution < 1.29 is 4.74 Å². The zero-order chi connectivity index (χ0) is 12.2. The Morgan fingerprint density at radius 2 is 2.25 bits per heavy atom. The molecule has 0 aliphatic heterocycles. The third-order valence-electron chi connectivity index (χ3n) is 3.29. The fraction of sp³-hybridized carbons (Fsp3) is 0.667. The van der Waals surface area contributed by atoms with Gasteiger partial charge in [-0.1, -0.05) is 6.92 Å². The van der Waals surface area contributed by atoms with E-state index < -0.39 is 0 Å². The molecular weight excluding hydrogens is 286 g/mol. The van der Waals surface area contributed by atoms with Gasteiger partial charge in [-0.25, -0.2) is 0 Å². The summed E-state index contributed by atoms with van der Waals surface area (Å²) < 4.78 is 6.84. The number of methoxy groups -OCH3 is 1. The summed E-state index contributed by atoms with van der Waals surface area (Å²) in [5.41, 5.74) is -0.106. The summed E-state index contributed by atoms with van der Waals surface area (Å²) in [7, 11) is 3.79. The first-order valence-corrected chi connectivity index (χ1v) is 7.13. The number of nitrogens with one attached hydrogen (secondary N) is 1. The maximum absolute atomic E-state index is 5.65. The molecule has 1 aromatic rings. The average molecular weight is 306 g/mol. The maximum Gasteiger partial charge on any atom is 0.0803 e. The van der Waals surface area contributed by atoms with Crippen molar-refractivity contribution >= 4 is 27.3 Å². The van der Waals surface area contributed by atoms with Gasteiger partial charge in [-0.05, 0) is 54.9 Å². The van der Waals surface area contributed by atoms with Gasteiger partial charge in [0.15, 0.2) is 0 Å². The van der Waals surface area contributed by atoms with E-state index in [9.17, 15) is 0 Å². The third kappa shape index (κ3) is 3.29. The van der Waals surface area contributed by atoms with Crippen LogP contribution in [0.2, 0.25) is 0 Å². The first kappa shape index (κ1) is 14.2. The van der Waals surface area contributed by atoms with Crippen molar-refractivity contribution in [3.05, 3.63) is 20.8 Å². The summed E-state index contributed by atoms with van der Waals surface area (Å²) in [6, 6.07) is 4.61. The summed E-state index contributed by atoms with van der Waals surface area (Å²) in [4.78, 5) is 1.38. The Morgan fingerprint density at radius 1 is 1.56 bits per heavy atom. The molecule has 2 nitrogen and oxygen atoms in total. The van der Waals surface area contributed by atoms with Gasteiger partial charge in [-0.3, -0.25) is 0 Å². The molecule has 0 radical (unpaired) electrons. The summed E-state index contributed by atoms with van der Waals surface area (Å²) in [5.74, 6) is 0. The zero-order valence-corrected chi connectivity index (χ0v) is 12.7. The minimum atomic E-state index is -0.106. The molecule has 0 aliphatic rings. The lowest BCUT2D eigenvalue weighted by Gasteiger charge is -2.35. The van der Waals surface area contributed by atoms with Crippen LogP contribution in [0.1, 0.15) is 25.1 Å². The second-order valence-corrected chi connectivity index (χ2v) is 6.67. The van der Waals surface area contributed by atoms with Crippen molar-refractivity contribution in [3.8, 4) is 0 Å². The van der Waals surface area contributed by atoms with E-state index >= 15 is 0 Å². The molecule has 0 aliphatic carbocycles. The molecule has 0 amide bonds. The molecule has 0 bridgehead atoms. The highest BCUT2D eigenvalue weighted by molar-refractivity contribution is 9.11. The molecule has 16 heavy (non-hydrogen) atoms. The number of rotatable bonds is 6. The number of hydrogen-bond donors (Lipinski definition) is 1. The monoisotopic (exact) mass is 305 g/mol. The van der Waals surface area contributed by atoms with E-state index in [0.29, 0.717) is 6.04 Å². The molecule has 0 saturated carbocycles. The molecule has 2 atom stereocenters. The number of halogens is 1. The average Bonchev–Trinajstić information content (AvgIpc) is 2.70.